The van der Waals surface area contributed by atoms with Crippen LogP contribution in [0.1, 0.15) is 19.4 Å². The zero-order valence-corrected chi connectivity index (χ0v) is 22.4. The van der Waals surface area contributed by atoms with Crippen LogP contribution in [0.25, 0.3) is 0 Å². The molecule has 0 saturated carbocycles. The van der Waals surface area contributed by atoms with E-state index >= 15 is 0 Å². The van der Waals surface area contributed by atoms with Crippen LogP contribution in [0.3, 0.4) is 0 Å². The van der Waals surface area contributed by atoms with Crippen molar-refractivity contribution in [3.63, 3.8) is 0 Å². The zero-order chi connectivity index (χ0) is 27.7. The van der Waals surface area contributed by atoms with Crippen LogP contribution in [0.5, 0.6) is 5.75 Å². The smallest absolute Gasteiger partial charge is 0.264 e. The number of methoxy groups -OCH3 is 1. The van der Waals surface area contributed by atoms with Gasteiger partial charge in [0.1, 0.15) is 24.2 Å². The molecule has 1 N–H and O–H groups in total. The molecule has 0 spiro atoms. The van der Waals surface area contributed by atoms with Gasteiger partial charge in [-0.2, -0.15) is 0 Å². The SMILES string of the molecule is CCNC(=O)[C@@H](C)N(CCc1ccccc1)C(=O)CN(c1ccc(F)cc1)S(=O)(=O)c1ccc(OC)cc1. The standard InChI is InChI=1S/C28H32FN3O5S/c1-4-30-28(34)21(2)31(19-18-22-8-6-5-7-9-22)27(33)20-32(24-12-10-23(29)11-13-24)38(35,36)26-16-14-25(37-3)15-17-26/h5-17,21H,4,18-20H2,1-3H3,(H,30,34)/t21-/m1/s1. The van der Waals surface area contributed by atoms with Crippen LogP contribution in [-0.2, 0) is 26.0 Å². The molecule has 0 heterocycles. The third kappa shape index (κ3) is 7.10. The lowest BCUT2D eigenvalue weighted by molar-refractivity contribution is -0.138. The molecule has 0 fully saturated rings. The Kier molecular flexibility index (Phi) is 9.84. The Morgan fingerprint density at radius 3 is 2.18 bits per heavy atom. The number of likely N-dealkylation sites (N-methyl/N-ethyl adjacent to an activating group) is 1. The average molecular weight is 542 g/mol. The molecule has 1 atom stereocenters. The van der Waals surface area contributed by atoms with E-state index in [1.807, 2.05) is 30.3 Å². The van der Waals surface area contributed by atoms with E-state index in [1.165, 1.54) is 48.4 Å². The molecule has 10 heteroatoms. The van der Waals surface area contributed by atoms with Crippen molar-refractivity contribution < 1.29 is 27.1 Å². The number of ether oxygens (including phenoxy) is 1. The van der Waals surface area contributed by atoms with Crippen LogP contribution < -0.4 is 14.4 Å². The van der Waals surface area contributed by atoms with Gasteiger partial charge in [0, 0.05) is 13.1 Å². The van der Waals surface area contributed by atoms with Gasteiger partial charge in [0.25, 0.3) is 10.0 Å². The molecule has 0 aromatic heterocycles. The normalized spacial score (nSPS) is 11.9. The van der Waals surface area contributed by atoms with Gasteiger partial charge in [-0.3, -0.25) is 13.9 Å². The molecule has 0 aliphatic heterocycles. The summed E-state index contributed by atoms with van der Waals surface area (Å²) in [6.45, 7) is 3.38. The Balaban J connectivity index is 1.96. The third-order valence-corrected chi connectivity index (χ3v) is 7.83. The molecular formula is C28H32FN3O5S. The van der Waals surface area contributed by atoms with Crippen LogP contribution >= 0.6 is 0 Å². The summed E-state index contributed by atoms with van der Waals surface area (Å²) in [6, 6.07) is 19.2. The number of carbonyl (C=O) groups excluding carboxylic acids is 2. The van der Waals surface area contributed by atoms with E-state index in [0.29, 0.717) is 18.7 Å². The molecule has 3 aromatic carbocycles. The van der Waals surface area contributed by atoms with Gasteiger partial charge in [-0.25, -0.2) is 12.8 Å². The first-order chi connectivity index (χ1) is 18.2. The highest BCUT2D eigenvalue weighted by atomic mass is 32.2. The molecule has 38 heavy (non-hydrogen) atoms. The predicted octanol–water partition coefficient (Wildman–Crippen LogP) is 3.63. The number of amides is 2. The maximum atomic E-state index is 13.7. The molecule has 0 aliphatic carbocycles. The molecule has 8 nitrogen and oxygen atoms in total. The van der Waals surface area contributed by atoms with E-state index in [1.54, 1.807) is 13.8 Å². The lowest BCUT2D eigenvalue weighted by Gasteiger charge is -2.32. The van der Waals surface area contributed by atoms with Gasteiger partial charge in [-0.1, -0.05) is 30.3 Å². The van der Waals surface area contributed by atoms with Crippen molar-refractivity contribution in [1.82, 2.24) is 10.2 Å². The second-order valence-electron chi connectivity index (χ2n) is 8.56. The largest absolute Gasteiger partial charge is 0.497 e. The summed E-state index contributed by atoms with van der Waals surface area (Å²) < 4.78 is 47.1. The van der Waals surface area contributed by atoms with Crippen LogP contribution in [0, 0.1) is 5.82 Å². The molecule has 202 valence electrons. The van der Waals surface area contributed by atoms with Crippen molar-refractivity contribution in [3.8, 4) is 5.75 Å². The Morgan fingerprint density at radius 1 is 0.974 bits per heavy atom. The summed E-state index contributed by atoms with van der Waals surface area (Å²) >= 11 is 0. The summed E-state index contributed by atoms with van der Waals surface area (Å²) in [4.78, 5) is 27.7. The van der Waals surface area contributed by atoms with Gasteiger partial charge < -0.3 is 15.0 Å². The second-order valence-corrected chi connectivity index (χ2v) is 10.4. The van der Waals surface area contributed by atoms with Gasteiger partial charge in [-0.05, 0) is 74.4 Å². The molecule has 0 aliphatic rings. The maximum Gasteiger partial charge on any atom is 0.264 e. The van der Waals surface area contributed by atoms with Crippen molar-refractivity contribution in [2.75, 3.05) is 31.0 Å². The summed E-state index contributed by atoms with van der Waals surface area (Å²) in [5.41, 5.74) is 1.08. The lowest BCUT2D eigenvalue weighted by atomic mass is 10.1. The highest BCUT2D eigenvalue weighted by Gasteiger charge is 2.32. The molecule has 0 bridgehead atoms. The quantitative estimate of drug-likeness (QED) is 0.378. The Labute approximate surface area is 223 Å². The molecule has 3 rings (SSSR count). The predicted molar refractivity (Wildman–Crippen MR) is 144 cm³/mol. The van der Waals surface area contributed by atoms with E-state index in [0.717, 1.165) is 22.0 Å². The second kappa shape index (κ2) is 13.0. The molecule has 0 unspecified atom stereocenters. The van der Waals surface area contributed by atoms with Gasteiger partial charge >= 0.3 is 0 Å². The van der Waals surface area contributed by atoms with E-state index in [-0.39, 0.29) is 23.0 Å². The highest BCUT2D eigenvalue weighted by Crippen LogP contribution is 2.26. The molecular weight excluding hydrogens is 509 g/mol. The topological polar surface area (TPSA) is 96.0 Å². The number of sulfonamides is 1. The number of carbonyl (C=O) groups is 2. The number of hydrogen-bond acceptors (Lipinski definition) is 5. The number of anilines is 1. The van der Waals surface area contributed by atoms with Gasteiger partial charge in [0.2, 0.25) is 11.8 Å². The highest BCUT2D eigenvalue weighted by molar-refractivity contribution is 7.92. The summed E-state index contributed by atoms with van der Waals surface area (Å²) in [5.74, 6) is -0.992. The Bertz CT molecular complexity index is 1320. The number of nitrogens with one attached hydrogen (secondary N) is 1. The minimum atomic E-state index is -4.24. The van der Waals surface area contributed by atoms with Crippen molar-refractivity contribution in [2.24, 2.45) is 0 Å². The molecule has 0 radical (unpaired) electrons. The van der Waals surface area contributed by atoms with Crippen LogP contribution in [0.4, 0.5) is 10.1 Å². The molecule has 2 amide bonds. The van der Waals surface area contributed by atoms with Gasteiger partial charge in [0.05, 0.1) is 17.7 Å². The number of hydrogen-bond donors (Lipinski definition) is 1. The fourth-order valence-electron chi connectivity index (χ4n) is 3.90. The minimum absolute atomic E-state index is 0.0666. The fraction of sp³-hybridized carbons (Fsp3) is 0.286. The first kappa shape index (κ1) is 28.6. The van der Waals surface area contributed by atoms with Crippen molar-refractivity contribution in [2.45, 2.75) is 31.2 Å². The first-order valence-electron chi connectivity index (χ1n) is 12.2. The number of rotatable bonds is 12. The summed E-state index contributed by atoms with van der Waals surface area (Å²) in [7, 11) is -2.77. The van der Waals surface area contributed by atoms with E-state index in [2.05, 4.69) is 5.32 Å². The average Bonchev–Trinajstić information content (AvgIpc) is 2.93. The Morgan fingerprint density at radius 2 is 1.61 bits per heavy atom. The third-order valence-electron chi connectivity index (χ3n) is 6.04. The number of benzene rings is 3. The van der Waals surface area contributed by atoms with Crippen molar-refractivity contribution in [3.05, 3.63) is 90.2 Å². The minimum Gasteiger partial charge on any atom is -0.497 e. The van der Waals surface area contributed by atoms with Crippen molar-refractivity contribution >= 4 is 27.5 Å². The first-order valence-corrected chi connectivity index (χ1v) is 13.6. The summed E-state index contributed by atoms with van der Waals surface area (Å²) in [5, 5.41) is 2.72. The zero-order valence-electron chi connectivity index (χ0n) is 21.6. The maximum absolute atomic E-state index is 13.7. The molecule has 3 aromatic rings. The van der Waals surface area contributed by atoms with Crippen LogP contribution in [0.15, 0.2) is 83.8 Å². The fourth-order valence-corrected chi connectivity index (χ4v) is 5.32. The van der Waals surface area contributed by atoms with Crippen LogP contribution in [0.2, 0.25) is 0 Å². The number of nitrogens with zero attached hydrogens (tertiary/aromatic N) is 2. The molecule has 0 saturated heterocycles. The Hall–Kier alpha value is -3.92. The summed E-state index contributed by atoms with van der Waals surface area (Å²) in [6.07, 6.45) is 0.470. The van der Waals surface area contributed by atoms with Gasteiger partial charge in [0.15, 0.2) is 0 Å². The number of halogens is 1. The van der Waals surface area contributed by atoms with Crippen LogP contribution in [-0.4, -0.2) is 57.9 Å². The van der Waals surface area contributed by atoms with E-state index in [4.69, 9.17) is 4.74 Å². The van der Waals surface area contributed by atoms with E-state index in [9.17, 15) is 22.4 Å². The van der Waals surface area contributed by atoms with E-state index < -0.39 is 34.3 Å². The van der Waals surface area contributed by atoms with Gasteiger partial charge in [-0.15, -0.1) is 0 Å². The van der Waals surface area contributed by atoms with Crippen molar-refractivity contribution in [1.29, 1.82) is 0 Å². The monoisotopic (exact) mass is 541 g/mol. The lowest BCUT2D eigenvalue weighted by Crippen LogP contribution is -2.52.